The first-order valence-electron chi connectivity index (χ1n) is 11.3. The monoisotopic (exact) mass is 506 g/mol. The molecule has 2 atom stereocenters. The molecular formula is C25H32F6N2O2. The van der Waals surface area contributed by atoms with Crippen LogP contribution in [0.2, 0.25) is 0 Å². The van der Waals surface area contributed by atoms with Gasteiger partial charge in [0, 0.05) is 22.5 Å². The van der Waals surface area contributed by atoms with Crippen molar-refractivity contribution in [1.82, 2.24) is 0 Å². The third kappa shape index (κ3) is 5.69. The van der Waals surface area contributed by atoms with Gasteiger partial charge in [-0.15, -0.1) is 0 Å². The molecule has 2 aromatic carbocycles. The number of benzene rings is 2. The zero-order valence-electron chi connectivity index (χ0n) is 20.2. The van der Waals surface area contributed by atoms with Crippen molar-refractivity contribution in [3.8, 4) is 0 Å². The van der Waals surface area contributed by atoms with Crippen molar-refractivity contribution in [3.05, 3.63) is 57.6 Å². The van der Waals surface area contributed by atoms with Gasteiger partial charge in [-0.25, -0.2) is 0 Å². The first-order valence-corrected chi connectivity index (χ1v) is 11.3. The first-order chi connectivity index (χ1) is 15.9. The summed E-state index contributed by atoms with van der Waals surface area (Å²) in [6.07, 6.45) is -7.85. The Morgan fingerprint density at radius 3 is 1.20 bits per heavy atom. The van der Waals surface area contributed by atoms with E-state index in [1.54, 1.807) is 0 Å². The number of aryl methyl sites for hydroxylation is 2. The zero-order valence-corrected chi connectivity index (χ0v) is 20.2. The van der Waals surface area contributed by atoms with Gasteiger partial charge in [-0.3, -0.25) is 0 Å². The summed E-state index contributed by atoms with van der Waals surface area (Å²) in [6, 6.07) is 5.08. The van der Waals surface area contributed by atoms with Crippen molar-refractivity contribution in [2.45, 2.75) is 83.4 Å². The van der Waals surface area contributed by atoms with Gasteiger partial charge < -0.3 is 21.7 Å². The number of alkyl halides is 6. The van der Waals surface area contributed by atoms with Crippen molar-refractivity contribution >= 4 is 11.4 Å². The maximum atomic E-state index is 13.6. The van der Waals surface area contributed by atoms with E-state index in [-0.39, 0.29) is 17.8 Å². The van der Waals surface area contributed by atoms with Crippen LogP contribution in [0.25, 0.3) is 0 Å². The molecule has 2 aromatic rings. The molecule has 0 aliphatic rings. The average molecular weight is 507 g/mol. The van der Waals surface area contributed by atoms with E-state index in [0.29, 0.717) is 61.8 Å². The number of hydrogen-bond donors (Lipinski definition) is 4. The van der Waals surface area contributed by atoms with Crippen LogP contribution in [-0.2, 0) is 30.5 Å². The minimum atomic E-state index is -5.00. The molecule has 35 heavy (non-hydrogen) atoms. The Bertz CT molecular complexity index is 976. The zero-order chi connectivity index (χ0) is 27.0. The summed E-state index contributed by atoms with van der Waals surface area (Å²) in [5, 5.41) is 20.5. The molecule has 0 heterocycles. The number of anilines is 2. The molecule has 0 bridgehead atoms. The standard InChI is InChI=1S/C25H32F6N2O2/c1-5-7-14-12-20(32)18(22(3,34)24(26,27)28)10-16(14)9-17-11-19(23(4,35)25(29,30)31)21(33)13-15(17)8-6-2/h10-13,34-35H,5-9,32-33H2,1-4H3. The van der Waals surface area contributed by atoms with Crippen molar-refractivity contribution in [2.75, 3.05) is 11.5 Å². The van der Waals surface area contributed by atoms with E-state index >= 15 is 0 Å². The van der Waals surface area contributed by atoms with Crippen molar-refractivity contribution < 1.29 is 36.6 Å². The summed E-state index contributed by atoms with van der Waals surface area (Å²) in [6.45, 7) is 4.94. The van der Waals surface area contributed by atoms with Gasteiger partial charge in [0.25, 0.3) is 0 Å². The van der Waals surface area contributed by atoms with Gasteiger partial charge in [0.15, 0.2) is 11.2 Å². The molecule has 2 unspecified atom stereocenters. The molecule has 0 aliphatic heterocycles. The Hall–Kier alpha value is -2.46. The number of halogens is 6. The van der Waals surface area contributed by atoms with Gasteiger partial charge in [-0.05, 0) is 79.6 Å². The number of nitrogens with two attached hydrogens (primary N) is 2. The number of aliphatic hydroxyl groups is 2. The van der Waals surface area contributed by atoms with Gasteiger partial charge in [0.05, 0.1) is 0 Å². The summed E-state index contributed by atoms with van der Waals surface area (Å²) in [5.74, 6) is 0. The van der Waals surface area contributed by atoms with Crippen molar-refractivity contribution in [3.63, 3.8) is 0 Å². The summed E-state index contributed by atoms with van der Waals surface area (Å²) in [5.41, 5.74) is 5.82. The Kier molecular flexibility index (Phi) is 8.13. The Balaban J connectivity index is 2.77. The van der Waals surface area contributed by atoms with E-state index in [9.17, 15) is 36.6 Å². The number of nitrogen functional groups attached to an aromatic ring is 2. The van der Waals surface area contributed by atoms with Gasteiger partial charge in [-0.1, -0.05) is 26.7 Å². The molecular weight excluding hydrogens is 474 g/mol. The van der Waals surface area contributed by atoms with E-state index in [1.807, 2.05) is 13.8 Å². The van der Waals surface area contributed by atoms with Crippen LogP contribution in [0.3, 0.4) is 0 Å². The SMILES string of the molecule is CCCc1cc(N)c(C(C)(O)C(F)(F)F)cc1Cc1cc(C(C)(O)C(F)(F)F)c(N)cc1CCC. The van der Waals surface area contributed by atoms with Crippen molar-refractivity contribution in [1.29, 1.82) is 0 Å². The maximum absolute atomic E-state index is 13.6. The minimum Gasteiger partial charge on any atom is -0.398 e. The molecule has 2 rings (SSSR count). The fourth-order valence-corrected chi connectivity index (χ4v) is 4.10. The van der Waals surface area contributed by atoms with Gasteiger partial charge >= 0.3 is 12.4 Å². The molecule has 0 radical (unpaired) electrons. The quantitative estimate of drug-likeness (QED) is 0.266. The van der Waals surface area contributed by atoms with Crippen LogP contribution >= 0.6 is 0 Å². The lowest BCUT2D eigenvalue weighted by Gasteiger charge is -2.30. The predicted molar refractivity (Wildman–Crippen MR) is 124 cm³/mol. The molecule has 0 amide bonds. The predicted octanol–water partition coefficient (Wildman–Crippen LogP) is 5.89. The molecule has 196 valence electrons. The normalized spacial score (nSPS) is 16.1. The van der Waals surface area contributed by atoms with E-state index < -0.39 is 34.7 Å². The molecule has 6 N–H and O–H groups in total. The second-order valence-corrected chi connectivity index (χ2v) is 9.23. The first kappa shape index (κ1) is 28.8. The fourth-order valence-electron chi connectivity index (χ4n) is 4.10. The second-order valence-electron chi connectivity index (χ2n) is 9.23. The molecule has 0 aliphatic carbocycles. The van der Waals surface area contributed by atoms with Crippen LogP contribution in [0.4, 0.5) is 37.7 Å². The van der Waals surface area contributed by atoms with Crippen molar-refractivity contribution in [2.24, 2.45) is 0 Å². The van der Waals surface area contributed by atoms with Crippen LogP contribution < -0.4 is 11.5 Å². The highest BCUT2D eigenvalue weighted by Gasteiger charge is 2.53. The molecule has 0 spiro atoms. The average Bonchev–Trinajstić information content (AvgIpc) is 2.69. The topological polar surface area (TPSA) is 92.5 Å². The van der Waals surface area contributed by atoms with E-state index in [2.05, 4.69) is 0 Å². The molecule has 4 nitrogen and oxygen atoms in total. The Morgan fingerprint density at radius 1 is 0.629 bits per heavy atom. The van der Waals surface area contributed by atoms with Crippen LogP contribution in [0.5, 0.6) is 0 Å². The molecule has 0 fully saturated rings. The smallest absolute Gasteiger partial charge is 0.398 e. The molecule has 0 saturated carbocycles. The summed E-state index contributed by atoms with van der Waals surface area (Å²) >= 11 is 0. The van der Waals surface area contributed by atoms with Crippen LogP contribution in [0.1, 0.15) is 73.9 Å². The fraction of sp³-hybridized carbons (Fsp3) is 0.520. The largest absolute Gasteiger partial charge is 0.421 e. The van der Waals surface area contributed by atoms with Gasteiger partial charge in [0.2, 0.25) is 0 Å². The van der Waals surface area contributed by atoms with Gasteiger partial charge in [0.1, 0.15) is 0 Å². The van der Waals surface area contributed by atoms with Crippen LogP contribution in [0.15, 0.2) is 24.3 Å². The van der Waals surface area contributed by atoms with E-state index in [0.717, 1.165) is 0 Å². The number of hydrogen-bond acceptors (Lipinski definition) is 4. The van der Waals surface area contributed by atoms with E-state index in [4.69, 9.17) is 11.5 Å². The van der Waals surface area contributed by atoms with Gasteiger partial charge in [-0.2, -0.15) is 26.3 Å². The molecule has 0 aromatic heterocycles. The highest BCUT2D eigenvalue weighted by molar-refractivity contribution is 5.59. The molecule has 0 saturated heterocycles. The summed E-state index contributed by atoms with van der Waals surface area (Å²) in [7, 11) is 0. The lowest BCUT2D eigenvalue weighted by molar-refractivity contribution is -0.258. The lowest BCUT2D eigenvalue weighted by atomic mass is 9.84. The van der Waals surface area contributed by atoms with Crippen LogP contribution in [-0.4, -0.2) is 22.6 Å². The van der Waals surface area contributed by atoms with Crippen LogP contribution in [0, 0.1) is 0 Å². The summed E-state index contributed by atoms with van der Waals surface area (Å²) in [4.78, 5) is 0. The second kappa shape index (κ2) is 9.89. The summed E-state index contributed by atoms with van der Waals surface area (Å²) < 4.78 is 81.3. The third-order valence-electron chi connectivity index (χ3n) is 6.32. The maximum Gasteiger partial charge on any atom is 0.421 e. The highest BCUT2D eigenvalue weighted by atomic mass is 19.4. The van der Waals surface area contributed by atoms with E-state index in [1.165, 1.54) is 24.3 Å². The third-order valence-corrected chi connectivity index (χ3v) is 6.32. The molecule has 10 heteroatoms. The number of rotatable bonds is 8. The highest BCUT2D eigenvalue weighted by Crippen LogP contribution is 2.44. The Labute approximate surface area is 200 Å². The lowest BCUT2D eigenvalue weighted by Crippen LogP contribution is -2.40. The minimum absolute atomic E-state index is 0.0346. The Morgan fingerprint density at radius 2 is 0.943 bits per heavy atom.